The van der Waals surface area contributed by atoms with E-state index in [1.807, 2.05) is 12.1 Å². The second kappa shape index (κ2) is 3.79. The molecule has 0 atom stereocenters. The minimum atomic E-state index is 0.745. The van der Waals surface area contributed by atoms with Gasteiger partial charge in [0.2, 0.25) is 0 Å². The third-order valence-electron chi connectivity index (χ3n) is 3.19. The molecule has 1 saturated carbocycles. The molecular weight excluding hydrogens is 220 g/mol. The van der Waals surface area contributed by atoms with Crippen LogP contribution < -0.4 is 5.32 Å². The van der Waals surface area contributed by atoms with E-state index in [1.165, 1.54) is 23.8 Å². The Labute approximate surface area is 100 Å². The quantitative estimate of drug-likeness (QED) is 0.864. The molecule has 0 radical (unpaired) electrons. The van der Waals surface area contributed by atoms with Gasteiger partial charge in [0.05, 0.1) is 10.5 Å². The first kappa shape index (κ1) is 10.2. The summed E-state index contributed by atoms with van der Waals surface area (Å²) in [6.07, 6.45) is 4.82. The maximum atomic E-state index is 6.21. The molecule has 1 aromatic carbocycles. The summed E-state index contributed by atoms with van der Waals surface area (Å²) in [6, 6.07) is 6.85. The molecule has 1 heterocycles. The van der Waals surface area contributed by atoms with Gasteiger partial charge in [-0.25, -0.2) is 0 Å². The molecule has 3 rings (SSSR count). The van der Waals surface area contributed by atoms with Crippen LogP contribution in [-0.2, 0) is 13.6 Å². The number of nitrogens with one attached hydrogen (secondary N) is 1. The number of aryl methyl sites for hydroxylation is 1. The van der Waals surface area contributed by atoms with Gasteiger partial charge in [0.1, 0.15) is 0 Å². The summed E-state index contributed by atoms with van der Waals surface area (Å²) < 4.78 is 2.11. The number of hydrogen-bond donors (Lipinski definition) is 1. The first-order valence-corrected chi connectivity index (χ1v) is 6.09. The number of rotatable bonds is 3. The minimum absolute atomic E-state index is 0.745. The van der Waals surface area contributed by atoms with Crippen LogP contribution in [-0.4, -0.2) is 10.6 Å². The van der Waals surface area contributed by atoms with Crippen LogP contribution in [0.25, 0.3) is 10.9 Å². The summed E-state index contributed by atoms with van der Waals surface area (Å²) in [5.74, 6) is 0. The lowest BCUT2D eigenvalue weighted by atomic mass is 10.2. The average Bonchev–Trinajstić information content (AvgIpc) is 3.02. The Morgan fingerprint density at radius 1 is 1.44 bits per heavy atom. The van der Waals surface area contributed by atoms with Crippen LogP contribution in [0.5, 0.6) is 0 Å². The van der Waals surface area contributed by atoms with Crippen LogP contribution in [0, 0.1) is 0 Å². The zero-order valence-electron chi connectivity index (χ0n) is 9.33. The fourth-order valence-corrected chi connectivity index (χ4v) is 2.49. The van der Waals surface area contributed by atoms with E-state index in [9.17, 15) is 0 Å². The number of para-hydroxylation sites is 1. The predicted octanol–water partition coefficient (Wildman–Crippen LogP) is 3.08. The first-order chi connectivity index (χ1) is 7.75. The Balaban J connectivity index is 2.00. The van der Waals surface area contributed by atoms with Gasteiger partial charge < -0.3 is 9.88 Å². The summed E-state index contributed by atoms with van der Waals surface area (Å²) >= 11 is 6.21. The highest BCUT2D eigenvalue weighted by molar-refractivity contribution is 6.35. The maximum absolute atomic E-state index is 6.21. The van der Waals surface area contributed by atoms with E-state index < -0.39 is 0 Å². The van der Waals surface area contributed by atoms with Crippen LogP contribution in [0.3, 0.4) is 0 Å². The van der Waals surface area contributed by atoms with Crippen LogP contribution in [0.2, 0.25) is 5.02 Å². The van der Waals surface area contributed by atoms with Crippen LogP contribution in [0.4, 0.5) is 0 Å². The van der Waals surface area contributed by atoms with Gasteiger partial charge >= 0.3 is 0 Å². The first-order valence-electron chi connectivity index (χ1n) is 5.71. The SMILES string of the molecule is Cn1cc(CNC2CC2)c2cccc(Cl)c21. The third kappa shape index (κ3) is 1.72. The highest BCUT2D eigenvalue weighted by Crippen LogP contribution is 2.28. The Hall–Kier alpha value is -0.990. The smallest absolute Gasteiger partial charge is 0.0670 e. The fraction of sp³-hybridized carbons (Fsp3) is 0.385. The molecule has 0 unspecified atom stereocenters. The predicted molar refractivity (Wildman–Crippen MR) is 67.8 cm³/mol. The van der Waals surface area contributed by atoms with Crippen molar-refractivity contribution in [3.05, 3.63) is 35.0 Å². The van der Waals surface area contributed by atoms with E-state index >= 15 is 0 Å². The Bertz CT molecular complexity index is 526. The zero-order valence-corrected chi connectivity index (χ0v) is 10.1. The molecule has 1 aliphatic rings. The van der Waals surface area contributed by atoms with E-state index in [-0.39, 0.29) is 0 Å². The zero-order chi connectivity index (χ0) is 11.1. The summed E-state index contributed by atoms with van der Waals surface area (Å²) in [6.45, 7) is 0.947. The van der Waals surface area contributed by atoms with Gasteiger partial charge in [-0.3, -0.25) is 0 Å². The van der Waals surface area contributed by atoms with Gasteiger partial charge in [0, 0.05) is 31.2 Å². The van der Waals surface area contributed by atoms with Crippen molar-refractivity contribution in [2.45, 2.75) is 25.4 Å². The summed E-state index contributed by atoms with van der Waals surface area (Å²) in [4.78, 5) is 0. The monoisotopic (exact) mass is 234 g/mol. The van der Waals surface area contributed by atoms with Crippen LogP contribution >= 0.6 is 11.6 Å². The summed E-state index contributed by atoms with van der Waals surface area (Å²) in [7, 11) is 2.05. The van der Waals surface area contributed by atoms with E-state index in [2.05, 4.69) is 29.2 Å². The molecular formula is C13H15ClN2. The Morgan fingerprint density at radius 2 is 2.25 bits per heavy atom. The van der Waals surface area contributed by atoms with Gasteiger partial charge in [-0.2, -0.15) is 0 Å². The van der Waals surface area contributed by atoms with Crippen molar-refractivity contribution in [3.8, 4) is 0 Å². The second-order valence-corrected chi connectivity index (χ2v) is 4.96. The van der Waals surface area contributed by atoms with E-state index in [1.54, 1.807) is 0 Å². The molecule has 2 nitrogen and oxygen atoms in total. The van der Waals surface area contributed by atoms with Gasteiger partial charge in [0.15, 0.2) is 0 Å². The largest absolute Gasteiger partial charge is 0.349 e. The lowest BCUT2D eigenvalue weighted by Gasteiger charge is -2.01. The molecule has 1 fully saturated rings. The minimum Gasteiger partial charge on any atom is -0.349 e. The Kier molecular flexibility index (Phi) is 2.41. The normalized spacial score (nSPS) is 15.9. The van der Waals surface area contributed by atoms with E-state index in [0.717, 1.165) is 23.1 Å². The molecule has 84 valence electrons. The maximum Gasteiger partial charge on any atom is 0.0670 e. The lowest BCUT2D eigenvalue weighted by Crippen LogP contribution is -2.14. The number of halogens is 1. The van der Waals surface area contributed by atoms with Crippen molar-refractivity contribution in [2.75, 3.05) is 0 Å². The van der Waals surface area contributed by atoms with Crippen molar-refractivity contribution >= 4 is 22.5 Å². The molecule has 0 bridgehead atoms. The topological polar surface area (TPSA) is 17.0 Å². The fourth-order valence-electron chi connectivity index (χ4n) is 2.18. The number of hydrogen-bond acceptors (Lipinski definition) is 1. The van der Waals surface area contributed by atoms with Gasteiger partial charge in [-0.15, -0.1) is 0 Å². The Morgan fingerprint density at radius 3 is 3.00 bits per heavy atom. The molecule has 2 aromatic rings. The molecule has 0 saturated heterocycles. The molecule has 16 heavy (non-hydrogen) atoms. The van der Waals surface area contributed by atoms with Gasteiger partial charge in [0.25, 0.3) is 0 Å². The van der Waals surface area contributed by atoms with Gasteiger partial charge in [-0.05, 0) is 24.5 Å². The number of fused-ring (bicyclic) bond motifs is 1. The van der Waals surface area contributed by atoms with Crippen LogP contribution in [0.15, 0.2) is 24.4 Å². The summed E-state index contributed by atoms with van der Waals surface area (Å²) in [5, 5.41) is 5.64. The highest BCUT2D eigenvalue weighted by atomic mass is 35.5. The molecule has 0 amide bonds. The van der Waals surface area contributed by atoms with Crippen molar-refractivity contribution in [2.24, 2.45) is 7.05 Å². The highest BCUT2D eigenvalue weighted by Gasteiger charge is 2.20. The van der Waals surface area contributed by atoms with E-state index in [4.69, 9.17) is 11.6 Å². The standard InChI is InChI=1S/C13H15ClN2/c1-16-8-9(7-15-10-5-6-10)11-3-2-4-12(14)13(11)16/h2-4,8,10,15H,5-7H2,1H3. The molecule has 3 heteroatoms. The molecule has 0 aliphatic heterocycles. The van der Waals surface area contributed by atoms with E-state index in [0.29, 0.717) is 0 Å². The third-order valence-corrected chi connectivity index (χ3v) is 3.50. The van der Waals surface area contributed by atoms with Gasteiger partial charge in [-0.1, -0.05) is 23.7 Å². The summed E-state index contributed by atoms with van der Waals surface area (Å²) in [5.41, 5.74) is 2.48. The average molecular weight is 235 g/mol. The number of benzene rings is 1. The molecule has 1 aliphatic carbocycles. The number of nitrogens with zero attached hydrogens (tertiary/aromatic N) is 1. The van der Waals surface area contributed by atoms with Crippen LogP contribution in [0.1, 0.15) is 18.4 Å². The van der Waals surface area contributed by atoms with Crippen molar-refractivity contribution in [1.29, 1.82) is 0 Å². The molecule has 0 spiro atoms. The second-order valence-electron chi connectivity index (χ2n) is 4.56. The van der Waals surface area contributed by atoms with Crippen molar-refractivity contribution < 1.29 is 0 Å². The molecule has 1 N–H and O–H groups in total. The molecule has 1 aromatic heterocycles. The lowest BCUT2D eigenvalue weighted by molar-refractivity contribution is 0.689. The van der Waals surface area contributed by atoms with Crippen molar-refractivity contribution in [3.63, 3.8) is 0 Å². The number of aromatic nitrogens is 1. The van der Waals surface area contributed by atoms with Crippen molar-refractivity contribution in [1.82, 2.24) is 9.88 Å².